The van der Waals surface area contributed by atoms with Crippen molar-refractivity contribution in [3.8, 4) is 0 Å². The van der Waals surface area contributed by atoms with Crippen molar-refractivity contribution in [1.29, 1.82) is 0 Å². The topological polar surface area (TPSA) is 20.2 Å². The molecule has 1 N–H and O–H groups in total. The van der Waals surface area contributed by atoms with E-state index < -0.39 is 0 Å². The lowest BCUT2D eigenvalue weighted by Crippen LogP contribution is -2.16. The third-order valence-electron chi connectivity index (χ3n) is 1.86. The molecular weight excluding hydrogens is 136 g/mol. The maximum Gasteiger partial charge on any atom is 0.0459 e. The smallest absolute Gasteiger partial charge is 0.0459 e. The molecule has 68 valence electrons. The van der Waals surface area contributed by atoms with Crippen molar-refractivity contribution in [3.63, 3.8) is 0 Å². The van der Waals surface area contributed by atoms with Gasteiger partial charge in [0.1, 0.15) is 0 Å². The number of rotatable bonds is 4. The maximum absolute atomic E-state index is 9.02. The van der Waals surface area contributed by atoms with E-state index in [0.717, 1.165) is 12.8 Å². The molecule has 11 heavy (non-hydrogen) atoms. The van der Waals surface area contributed by atoms with Gasteiger partial charge >= 0.3 is 0 Å². The van der Waals surface area contributed by atoms with E-state index in [-0.39, 0.29) is 0 Å². The van der Waals surface area contributed by atoms with Gasteiger partial charge in [-0.1, -0.05) is 34.1 Å². The average molecular weight is 158 g/mol. The van der Waals surface area contributed by atoms with E-state index in [9.17, 15) is 0 Å². The Labute approximate surface area is 70.8 Å². The van der Waals surface area contributed by atoms with Crippen LogP contribution < -0.4 is 0 Å². The van der Waals surface area contributed by atoms with Gasteiger partial charge in [0.2, 0.25) is 0 Å². The summed E-state index contributed by atoms with van der Waals surface area (Å²) in [5.41, 5.74) is 0.364. The molecule has 0 radical (unpaired) electrons. The van der Waals surface area contributed by atoms with Crippen LogP contribution in [0.5, 0.6) is 0 Å². The molecule has 0 aliphatic rings. The quantitative estimate of drug-likeness (QED) is 0.667. The standard InChI is InChI=1S/C10H22O/c1-5-6-9(8-11)7-10(2,3)4/h9,11H,5-8H2,1-4H3. The number of hydrogen-bond donors (Lipinski definition) is 1. The molecule has 0 bridgehead atoms. The summed E-state index contributed by atoms with van der Waals surface area (Å²) in [4.78, 5) is 0. The Morgan fingerprint density at radius 3 is 2.09 bits per heavy atom. The molecule has 0 spiro atoms. The molecule has 1 nitrogen and oxygen atoms in total. The SMILES string of the molecule is CCCC(CO)CC(C)(C)C. The van der Waals surface area contributed by atoms with Crippen LogP contribution in [-0.4, -0.2) is 11.7 Å². The lowest BCUT2D eigenvalue weighted by atomic mass is 9.83. The van der Waals surface area contributed by atoms with Gasteiger partial charge in [-0.05, 0) is 24.2 Å². The van der Waals surface area contributed by atoms with Crippen LogP contribution in [0.1, 0.15) is 47.0 Å². The molecule has 1 heteroatoms. The minimum atomic E-state index is 0.352. The molecule has 0 aromatic carbocycles. The molecular formula is C10H22O. The van der Waals surface area contributed by atoms with E-state index in [4.69, 9.17) is 5.11 Å². The molecule has 0 amide bonds. The predicted octanol–water partition coefficient (Wildman–Crippen LogP) is 2.83. The van der Waals surface area contributed by atoms with Crippen molar-refractivity contribution in [2.75, 3.05) is 6.61 Å². The Bertz CT molecular complexity index is 91.5. The third-order valence-corrected chi connectivity index (χ3v) is 1.86. The molecule has 0 aromatic heterocycles. The van der Waals surface area contributed by atoms with Crippen molar-refractivity contribution in [2.24, 2.45) is 11.3 Å². The number of hydrogen-bond acceptors (Lipinski definition) is 1. The maximum atomic E-state index is 9.02. The van der Waals surface area contributed by atoms with Crippen LogP contribution in [0.4, 0.5) is 0 Å². The summed E-state index contributed by atoms with van der Waals surface area (Å²) < 4.78 is 0. The molecule has 0 saturated heterocycles. The van der Waals surface area contributed by atoms with Crippen molar-refractivity contribution >= 4 is 0 Å². The Morgan fingerprint density at radius 1 is 1.27 bits per heavy atom. The first-order valence-corrected chi connectivity index (χ1v) is 4.60. The van der Waals surface area contributed by atoms with E-state index >= 15 is 0 Å². The highest BCUT2D eigenvalue weighted by atomic mass is 16.3. The highest BCUT2D eigenvalue weighted by Crippen LogP contribution is 2.26. The van der Waals surface area contributed by atoms with Gasteiger partial charge in [-0.3, -0.25) is 0 Å². The van der Waals surface area contributed by atoms with Gasteiger partial charge in [0, 0.05) is 6.61 Å². The summed E-state index contributed by atoms with van der Waals surface area (Å²) in [6, 6.07) is 0. The fourth-order valence-corrected chi connectivity index (χ4v) is 1.53. The Hall–Kier alpha value is -0.0400. The van der Waals surface area contributed by atoms with Crippen LogP contribution in [0.25, 0.3) is 0 Å². The van der Waals surface area contributed by atoms with E-state index in [1.165, 1.54) is 6.42 Å². The van der Waals surface area contributed by atoms with Crippen LogP contribution >= 0.6 is 0 Å². The number of aliphatic hydroxyl groups is 1. The molecule has 1 atom stereocenters. The molecule has 0 heterocycles. The first-order chi connectivity index (χ1) is 4.99. The van der Waals surface area contributed by atoms with Crippen LogP contribution in [0.2, 0.25) is 0 Å². The second-order valence-electron chi connectivity index (χ2n) is 4.60. The second-order valence-corrected chi connectivity index (χ2v) is 4.60. The van der Waals surface area contributed by atoms with Gasteiger partial charge in [0.25, 0.3) is 0 Å². The minimum absolute atomic E-state index is 0.352. The van der Waals surface area contributed by atoms with E-state index in [1.807, 2.05) is 0 Å². The summed E-state index contributed by atoms with van der Waals surface area (Å²) >= 11 is 0. The molecule has 0 aliphatic carbocycles. The lowest BCUT2D eigenvalue weighted by Gasteiger charge is -2.24. The molecule has 0 rings (SSSR count). The monoisotopic (exact) mass is 158 g/mol. The molecule has 0 aromatic rings. The first kappa shape index (κ1) is 11.0. The van der Waals surface area contributed by atoms with Gasteiger partial charge in [0.15, 0.2) is 0 Å². The summed E-state index contributed by atoms with van der Waals surface area (Å²) in [6.45, 7) is 9.21. The summed E-state index contributed by atoms with van der Waals surface area (Å²) in [5.74, 6) is 0.514. The highest BCUT2D eigenvalue weighted by molar-refractivity contribution is 4.68. The zero-order valence-electron chi connectivity index (χ0n) is 8.35. The van der Waals surface area contributed by atoms with Crippen molar-refractivity contribution < 1.29 is 5.11 Å². The molecule has 0 aliphatic heterocycles. The van der Waals surface area contributed by atoms with Crippen molar-refractivity contribution in [3.05, 3.63) is 0 Å². The zero-order chi connectivity index (χ0) is 8.91. The Morgan fingerprint density at radius 2 is 1.82 bits per heavy atom. The van der Waals surface area contributed by atoms with Crippen LogP contribution in [0, 0.1) is 11.3 Å². The van der Waals surface area contributed by atoms with Crippen LogP contribution in [0.15, 0.2) is 0 Å². The molecule has 0 fully saturated rings. The third kappa shape index (κ3) is 6.36. The summed E-state index contributed by atoms with van der Waals surface area (Å²) in [6.07, 6.45) is 3.48. The van der Waals surface area contributed by atoms with Gasteiger partial charge in [-0.25, -0.2) is 0 Å². The van der Waals surface area contributed by atoms with Crippen molar-refractivity contribution in [2.45, 2.75) is 47.0 Å². The van der Waals surface area contributed by atoms with Crippen LogP contribution in [-0.2, 0) is 0 Å². The minimum Gasteiger partial charge on any atom is -0.396 e. The largest absolute Gasteiger partial charge is 0.396 e. The molecule has 1 unspecified atom stereocenters. The highest BCUT2D eigenvalue weighted by Gasteiger charge is 2.16. The lowest BCUT2D eigenvalue weighted by molar-refractivity contribution is 0.170. The number of aliphatic hydroxyl groups excluding tert-OH is 1. The van der Waals surface area contributed by atoms with E-state index in [2.05, 4.69) is 27.7 Å². The fraction of sp³-hybridized carbons (Fsp3) is 1.00. The van der Waals surface area contributed by atoms with Gasteiger partial charge in [-0.15, -0.1) is 0 Å². The average Bonchev–Trinajstić information content (AvgIpc) is 1.84. The first-order valence-electron chi connectivity index (χ1n) is 4.60. The molecule has 0 saturated carbocycles. The van der Waals surface area contributed by atoms with Crippen LogP contribution in [0.3, 0.4) is 0 Å². The predicted molar refractivity (Wildman–Crippen MR) is 49.6 cm³/mol. The van der Waals surface area contributed by atoms with Gasteiger partial charge in [-0.2, -0.15) is 0 Å². The summed E-state index contributed by atoms with van der Waals surface area (Å²) in [5, 5.41) is 9.02. The fourth-order valence-electron chi connectivity index (χ4n) is 1.53. The van der Waals surface area contributed by atoms with Gasteiger partial charge < -0.3 is 5.11 Å². The van der Waals surface area contributed by atoms with E-state index in [1.54, 1.807) is 0 Å². The Balaban J connectivity index is 3.68. The Kier molecular flexibility index (Phi) is 4.74. The summed E-state index contributed by atoms with van der Waals surface area (Å²) in [7, 11) is 0. The van der Waals surface area contributed by atoms with Gasteiger partial charge in [0.05, 0.1) is 0 Å². The van der Waals surface area contributed by atoms with Crippen molar-refractivity contribution in [1.82, 2.24) is 0 Å². The zero-order valence-corrected chi connectivity index (χ0v) is 8.35. The van der Waals surface area contributed by atoms with E-state index in [0.29, 0.717) is 17.9 Å². The second kappa shape index (κ2) is 4.76. The normalized spacial score (nSPS) is 15.0.